The van der Waals surface area contributed by atoms with Crippen LogP contribution in [0.2, 0.25) is 5.02 Å². The quantitative estimate of drug-likeness (QED) is 0.461. The van der Waals surface area contributed by atoms with Gasteiger partial charge in [0.15, 0.2) is 0 Å². The SMILES string of the molecule is O=C(Cc1ccc(Cl)cc1)N/N=C\c1ccc(-c2cccc(C(F)(F)F)c2)o1. The minimum Gasteiger partial charge on any atom is -0.455 e. The summed E-state index contributed by atoms with van der Waals surface area (Å²) in [5.41, 5.74) is 2.68. The van der Waals surface area contributed by atoms with Gasteiger partial charge in [0.25, 0.3) is 0 Å². The highest BCUT2D eigenvalue weighted by Gasteiger charge is 2.30. The highest BCUT2D eigenvalue weighted by Crippen LogP contribution is 2.32. The van der Waals surface area contributed by atoms with Crippen molar-refractivity contribution < 1.29 is 22.4 Å². The second kappa shape index (κ2) is 8.31. The van der Waals surface area contributed by atoms with E-state index >= 15 is 0 Å². The summed E-state index contributed by atoms with van der Waals surface area (Å²) in [6.07, 6.45) is -3.03. The largest absolute Gasteiger partial charge is 0.455 e. The molecule has 1 heterocycles. The first-order valence-corrected chi connectivity index (χ1v) is 8.53. The number of hydrogen-bond acceptors (Lipinski definition) is 3. The van der Waals surface area contributed by atoms with E-state index in [4.69, 9.17) is 16.0 Å². The third kappa shape index (κ3) is 5.23. The topological polar surface area (TPSA) is 54.6 Å². The summed E-state index contributed by atoms with van der Waals surface area (Å²) in [6.45, 7) is 0. The number of halogens is 4. The lowest BCUT2D eigenvalue weighted by molar-refractivity contribution is -0.137. The van der Waals surface area contributed by atoms with Gasteiger partial charge < -0.3 is 4.42 Å². The fourth-order valence-corrected chi connectivity index (χ4v) is 2.55. The fraction of sp³-hybridized carbons (Fsp3) is 0.100. The van der Waals surface area contributed by atoms with E-state index in [1.54, 1.807) is 30.3 Å². The number of amides is 1. The molecule has 1 N–H and O–H groups in total. The van der Waals surface area contributed by atoms with Crippen LogP contribution in [0.15, 0.2) is 70.2 Å². The molecule has 0 aliphatic heterocycles. The van der Waals surface area contributed by atoms with Crippen molar-refractivity contribution in [1.82, 2.24) is 5.43 Å². The standard InChI is InChI=1S/C20H14ClF3N2O2/c21-16-6-4-13(5-7-16)10-19(27)26-25-12-17-8-9-18(28-17)14-2-1-3-15(11-14)20(22,23)24/h1-9,11-12H,10H2,(H,26,27)/b25-12-. The lowest BCUT2D eigenvalue weighted by atomic mass is 10.1. The summed E-state index contributed by atoms with van der Waals surface area (Å²) < 4.78 is 43.9. The molecule has 144 valence electrons. The van der Waals surface area contributed by atoms with E-state index < -0.39 is 11.7 Å². The predicted octanol–water partition coefficient (Wildman–Crippen LogP) is 5.31. The molecule has 0 unspecified atom stereocenters. The molecule has 0 spiro atoms. The molecule has 3 aromatic rings. The Labute approximate surface area is 163 Å². The minimum absolute atomic E-state index is 0.127. The number of hydrazone groups is 1. The van der Waals surface area contributed by atoms with Crippen molar-refractivity contribution in [3.8, 4) is 11.3 Å². The molecule has 0 saturated heterocycles. The van der Waals surface area contributed by atoms with Crippen molar-refractivity contribution in [2.24, 2.45) is 5.10 Å². The first kappa shape index (κ1) is 19.7. The van der Waals surface area contributed by atoms with Gasteiger partial charge in [0, 0.05) is 10.6 Å². The van der Waals surface area contributed by atoms with Crippen molar-refractivity contribution in [3.05, 3.63) is 82.6 Å². The van der Waals surface area contributed by atoms with Crippen LogP contribution in [0, 0.1) is 0 Å². The Kier molecular flexibility index (Phi) is 5.84. The molecule has 0 atom stereocenters. The molecule has 1 aromatic heterocycles. The molecule has 0 saturated carbocycles. The lowest BCUT2D eigenvalue weighted by Gasteiger charge is -2.07. The van der Waals surface area contributed by atoms with Gasteiger partial charge in [-0.1, -0.05) is 35.9 Å². The van der Waals surface area contributed by atoms with Crippen LogP contribution in [0.5, 0.6) is 0 Å². The number of benzene rings is 2. The van der Waals surface area contributed by atoms with Crippen LogP contribution in [-0.4, -0.2) is 12.1 Å². The number of furan rings is 1. The smallest absolute Gasteiger partial charge is 0.416 e. The lowest BCUT2D eigenvalue weighted by Crippen LogP contribution is -2.19. The number of nitrogens with zero attached hydrogens (tertiary/aromatic N) is 1. The first-order valence-electron chi connectivity index (χ1n) is 8.15. The Hall–Kier alpha value is -3.06. The maximum atomic E-state index is 12.8. The van der Waals surface area contributed by atoms with Gasteiger partial charge in [0.05, 0.1) is 18.2 Å². The van der Waals surface area contributed by atoms with Crippen LogP contribution in [0.25, 0.3) is 11.3 Å². The van der Waals surface area contributed by atoms with Gasteiger partial charge in [-0.3, -0.25) is 4.79 Å². The Balaban J connectivity index is 1.61. The maximum absolute atomic E-state index is 12.8. The molecular weight excluding hydrogens is 393 g/mol. The van der Waals surface area contributed by atoms with Crippen LogP contribution in [-0.2, 0) is 17.4 Å². The van der Waals surface area contributed by atoms with E-state index in [-0.39, 0.29) is 18.1 Å². The third-order valence-corrected chi connectivity index (χ3v) is 4.01. The molecule has 0 radical (unpaired) electrons. The van der Waals surface area contributed by atoms with Crippen molar-refractivity contribution in [2.75, 3.05) is 0 Å². The van der Waals surface area contributed by atoms with Crippen LogP contribution in [0.1, 0.15) is 16.9 Å². The van der Waals surface area contributed by atoms with Crippen LogP contribution in [0.3, 0.4) is 0 Å². The predicted molar refractivity (Wildman–Crippen MR) is 100 cm³/mol. The van der Waals surface area contributed by atoms with E-state index in [1.165, 1.54) is 24.4 Å². The van der Waals surface area contributed by atoms with Gasteiger partial charge in [0.1, 0.15) is 11.5 Å². The van der Waals surface area contributed by atoms with E-state index in [1.807, 2.05) is 0 Å². The molecule has 4 nitrogen and oxygen atoms in total. The molecule has 0 aliphatic rings. The zero-order valence-corrected chi connectivity index (χ0v) is 15.1. The average molecular weight is 407 g/mol. The molecule has 28 heavy (non-hydrogen) atoms. The van der Waals surface area contributed by atoms with Gasteiger partial charge >= 0.3 is 6.18 Å². The highest BCUT2D eigenvalue weighted by molar-refractivity contribution is 6.30. The summed E-state index contributed by atoms with van der Waals surface area (Å²) in [5.74, 6) is 0.225. The summed E-state index contributed by atoms with van der Waals surface area (Å²) >= 11 is 5.79. The monoisotopic (exact) mass is 406 g/mol. The zero-order chi connectivity index (χ0) is 20.1. The normalized spacial score (nSPS) is 11.7. The number of rotatable bonds is 5. The number of nitrogens with one attached hydrogen (secondary N) is 1. The minimum atomic E-state index is -4.43. The number of carbonyl (C=O) groups excluding carboxylic acids is 1. The van der Waals surface area contributed by atoms with Gasteiger partial charge in [-0.05, 0) is 42.0 Å². The summed E-state index contributed by atoms with van der Waals surface area (Å²) in [7, 11) is 0. The van der Waals surface area contributed by atoms with Gasteiger partial charge in [-0.2, -0.15) is 18.3 Å². The molecule has 3 rings (SSSR count). The molecule has 0 fully saturated rings. The van der Waals surface area contributed by atoms with E-state index in [9.17, 15) is 18.0 Å². The van der Waals surface area contributed by atoms with Gasteiger partial charge in [-0.25, -0.2) is 5.43 Å². The number of hydrogen-bond donors (Lipinski definition) is 1. The van der Waals surface area contributed by atoms with Crippen LogP contribution in [0.4, 0.5) is 13.2 Å². The van der Waals surface area contributed by atoms with Crippen molar-refractivity contribution in [3.63, 3.8) is 0 Å². The molecule has 8 heteroatoms. The third-order valence-electron chi connectivity index (χ3n) is 3.76. The Morgan fingerprint density at radius 1 is 1.11 bits per heavy atom. The second-order valence-corrected chi connectivity index (χ2v) is 6.31. The Bertz CT molecular complexity index is 995. The van der Waals surface area contributed by atoms with E-state index in [2.05, 4.69) is 10.5 Å². The summed E-state index contributed by atoms with van der Waals surface area (Å²) in [6, 6.07) is 14.7. The zero-order valence-electron chi connectivity index (χ0n) is 14.3. The fourth-order valence-electron chi connectivity index (χ4n) is 2.42. The molecule has 0 aliphatic carbocycles. The second-order valence-electron chi connectivity index (χ2n) is 5.88. The number of carbonyl (C=O) groups is 1. The molecular formula is C20H14ClF3N2O2. The van der Waals surface area contributed by atoms with E-state index in [0.717, 1.165) is 17.7 Å². The average Bonchev–Trinajstić information content (AvgIpc) is 3.12. The first-order chi connectivity index (χ1) is 13.3. The van der Waals surface area contributed by atoms with Crippen molar-refractivity contribution in [1.29, 1.82) is 0 Å². The Morgan fingerprint density at radius 3 is 2.57 bits per heavy atom. The molecule has 0 bridgehead atoms. The maximum Gasteiger partial charge on any atom is 0.416 e. The summed E-state index contributed by atoms with van der Waals surface area (Å²) in [4.78, 5) is 11.9. The van der Waals surface area contributed by atoms with Crippen molar-refractivity contribution in [2.45, 2.75) is 12.6 Å². The van der Waals surface area contributed by atoms with Crippen LogP contribution >= 0.6 is 11.6 Å². The molecule has 1 amide bonds. The molecule has 2 aromatic carbocycles. The Morgan fingerprint density at radius 2 is 1.86 bits per heavy atom. The summed E-state index contributed by atoms with van der Waals surface area (Å²) in [5, 5.41) is 4.37. The van der Waals surface area contributed by atoms with Crippen molar-refractivity contribution >= 4 is 23.7 Å². The van der Waals surface area contributed by atoms with Gasteiger partial charge in [0.2, 0.25) is 5.91 Å². The van der Waals surface area contributed by atoms with E-state index in [0.29, 0.717) is 16.3 Å². The highest BCUT2D eigenvalue weighted by atomic mass is 35.5. The number of alkyl halides is 3. The van der Waals surface area contributed by atoms with Gasteiger partial charge in [-0.15, -0.1) is 0 Å². The van der Waals surface area contributed by atoms with Crippen LogP contribution < -0.4 is 5.43 Å².